The summed E-state index contributed by atoms with van der Waals surface area (Å²) in [6.45, 7) is 6.67. The minimum Gasteiger partial charge on any atom is -0.491 e. The quantitative estimate of drug-likeness (QED) is 0.719. The number of rotatable bonds is 8. The van der Waals surface area contributed by atoms with Crippen LogP contribution in [0.25, 0.3) is 0 Å². The van der Waals surface area contributed by atoms with Gasteiger partial charge in [0.05, 0.1) is 12.1 Å². The minimum atomic E-state index is -0.399. The first-order valence-corrected chi connectivity index (χ1v) is 7.27. The van der Waals surface area contributed by atoms with Crippen molar-refractivity contribution in [2.75, 3.05) is 13.2 Å². The van der Waals surface area contributed by atoms with Crippen LogP contribution < -0.4 is 15.8 Å². The summed E-state index contributed by atoms with van der Waals surface area (Å²) in [5.41, 5.74) is 5.32. The van der Waals surface area contributed by atoms with E-state index in [4.69, 9.17) is 10.5 Å². The lowest BCUT2D eigenvalue weighted by Crippen LogP contribution is -2.55. The van der Waals surface area contributed by atoms with Gasteiger partial charge in [0.25, 0.3) is 0 Å². The number of benzene rings is 1. The lowest BCUT2D eigenvalue weighted by atomic mass is 9.88. The van der Waals surface area contributed by atoms with E-state index in [1.54, 1.807) is 18.2 Å². The van der Waals surface area contributed by atoms with Crippen molar-refractivity contribution in [3.05, 3.63) is 30.1 Å². The molecule has 0 saturated heterocycles. The number of nitrogens with two attached hydrogens (primary N) is 1. The van der Waals surface area contributed by atoms with E-state index >= 15 is 0 Å². The van der Waals surface area contributed by atoms with Crippen molar-refractivity contribution in [3.8, 4) is 5.75 Å². The van der Waals surface area contributed by atoms with Crippen LogP contribution in [0.15, 0.2) is 24.3 Å². The molecule has 1 aromatic rings. The zero-order valence-electron chi connectivity index (χ0n) is 13.4. The highest BCUT2D eigenvalue weighted by molar-refractivity contribution is 5.85. The standard InChI is InChI=1S/C16H25FN2O2.ClH/c1-12(2)16(3,11-18)19-15(20)9-6-10-21-14-8-5-4-7-13(14)17;/h4-5,7-8,12H,6,9-11,18H2,1-3H3,(H,19,20);1H. The molecule has 0 aromatic heterocycles. The molecule has 0 fully saturated rings. The lowest BCUT2D eigenvalue weighted by molar-refractivity contribution is -0.123. The number of carbonyl (C=O) groups excluding carboxylic acids is 1. The van der Waals surface area contributed by atoms with E-state index in [1.807, 2.05) is 20.8 Å². The average molecular weight is 333 g/mol. The molecule has 0 heterocycles. The molecule has 22 heavy (non-hydrogen) atoms. The van der Waals surface area contributed by atoms with Gasteiger partial charge in [-0.15, -0.1) is 12.4 Å². The van der Waals surface area contributed by atoms with Crippen molar-refractivity contribution < 1.29 is 13.9 Å². The number of para-hydroxylation sites is 1. The lowest BCUT2D eigenvalue weighted by Gasteiger charge is -2.33. The van der Waals surface area contributed by atoms with Gasteiger partial charge in [-0.1, -0.05) is 26.0 Å². The Bertz CT molecular complexity index is 471. The molecule has 0 radical (unpaired) electrons. The number of carbonyl (C=O) groups is 1. The predicted octanol–water partition coefficient (Wildman–Crippen LogP) is 2.90. The molecule has 0 bridgehead atoms. The Labute approximate surface area is 138 Å². The summed E-state index contributed by atoms with van der Waals surface area (Å²) in [4.78, 5) is 11.9. The predicted molar refractivity (Wildman–Crippen MR) is 88.8 cm³/mol. The van der Waals surface area contributed by atoms with E-state index in [2.05, 4.69) is 5.32 Å². The highest BCUT2D eigenvalue weighted by atomic mass is 35.5. The van der Waals surface area contributed by atoms with Crippen LogP contribution in [0, 0.1) is 11.7 Å². The molecule has 0 aliphatic rings. The molecule has 1 atom stereocenters. The molecule has 6 heteroatoms. The fourth-order valence-corrected chi connectivity index (χ4v) is 1.79. The van der Waals surface area contributed by atoms with Gasteiger partial charge in [-0.2, -0.15) is 0 Å². The fourth-order valence-electron chi connectivity index (χ4n) is 1.79. The first-order valence-electron chi connectivity index (χ1n) is 7.27. The van der Waals surface area contributed by atoms with Gasteiger partial charge >= 0.3 is 0 Å². The Morgan fingerprint density at radius 2 is 2.05 bits per heavy atom. The van der Waals surface area contributed by atoms with Crippen molar-refractivity contribution in [3.63, 3.8) is 0 Å². The summed E-state index contributed by atoms with van der Waals surface area (Å²) in [7, 11) is 0. The summed E-state index contributed by atoms with van der Waals surface area (Å²) in [5.74, 6) is 0.0132. The van der Waals surface area contributed by atoms with Crippen LogP contribution in [-0.4, -0.2) is 24.6 Å². The minimum absolute atomic E-state index is 0. The van der Waals surface area contributed by atoms with Gasteiger partial charge in [-0.25, -0.2) is 4.39 Å². The first kappa shape index (κ1) is 20.7. The summed E-state index contributed by atoms with van der Waals surface area (Å²) in [5, 5.41) is 2.96. The smallest absolute Gasteiger partial charge is 0.220 e. The van der Waals surface area contributed by atoms with Crippen LogP contribution >= 0.6 is 12.4 Å². The topological polar surface area (TPSA) is 64.3 Å². The second kappa shape index (κ2) is 9.64. The summed E-state index contributed by atoms with van der Waals surface area (Å²) < 4.78 is 18.6. The van der Waals surface area contributed by atoms with Crippen molar-refractivity contribution in [1.29, 1.82) is 0 Å². The van der Waals surface area contributed by atoms with E-state index in [1.165, 1.54) is 6.07 Å². The molecule has 0 aliphatic carbocycles. The molecule has 126 valence electrons. The molecule has 4 nitrogen and oxygen atoms in total. The summed E-state index contributed by atoms with van der Waals surface area (Å²) in [6, 6.07) is 6.23. The van der Waals surface area contributed by atoms with E-state index in [-0.39, 0.29) is 30.0 Å². The zero-order chi connectivity index (χ0) is 15.9. The van der Waals surface area contributed by atoms with Crippen LogP contribution in [0.3, 0.4) is 0 Å². The van der Waals surface area contributed by atoms with Gasteiger partial charge in [0, 0.05) is 13.0 Å². The monoisotopic (exact) mass is 332 g/mol. The van der Waals surface area contributed by atoms with Gasteiger partial charge in [0.1, 0.15) is 0 Å². The maximum absolute atomic E-state index is 13.3. The van der Waals surface area contributed by atoms with Crippen LogP contribution in [0.5, 0.6) is 5.75 Å². The molecule has 1 unspecified atom stereocenters. The molecule has 1 rings (SSSR count). The van der Waals surface area contributed by atoms with Gasteiger partial charge in [0.2, 0.25) is 5.91 Å². The summed E-state index contributed by atoms with van der Waals surface area (Å²) in [6.07, 6.45) is 0.857. The Hall–Kier alpha value is -1.33. The highest BCUT2D eigenvalue weighted by Gasteiger charge is 2.28. The van der Waals surface area contributed by atoms with Gasteiger partial charge in [0.15, 0.2) is 11.6 Å². The van der Waals surface area contributed by atoms with Crippen LogP contribution in [-0.2, 0) is 4.79 Å². The molecular formula is C16H26ClFN2O2. The number of halogens is 2. The zero-order valence-corrected chi connectivity index (χ0v) is 14.2. The number of nitrogens with one attached hydrogen (secondary N) is 1. The van der Waals surface area contributed by atoms with E-state index in [0.29, 0.717) is 26.0 Å². The van der Waals surface area contributed by atoms with Crippen LogP contribution in [0.2, 0.25) is 0 Å². The fraction of sp³-hybridized carbons (Fsp3) is 0.562. The number of hydrogen-bond acceptors (Lipinski definition) is 3. The normalized spacial score (nSPS) is 13.2. The molecular weight excluding hydrogens is 307 g/mol. The van der Waals surface area contributed by atoms with Crippen molar-refractivity contribution in [1.82, 2.24) is 5.32 Å². The van der Waals surface area contributed by atoms with E-state index in [0.717, 1.165) is 0 Å². The first-order chi connectivity index (χ1) is 9.89. The maximum Gasteiger partial charge on any atom is 0.220 e. The molecule has 0 spiro atoms. The molecule has 1 aromatic carbocycles. The van der Waals surface area contributed by atoms with Crippen molar-refractivity contribution in [2.24, 2.45) is 11.7 Å². The van der Waals surface area contributed by atoms with Gasteiger partial charge in [-0.3, -0.25) is 4.79 Å². The SMILES string of the molecule is CC(C)C(C)(CN)NC(=O)CCCOc1ccccc1F.Cl. The number of hydrogen-bond donors (Lipinski definition) is 2. The van der Waals surface area contributed by atoms with Crippen LogP contribution in [0.1, 0.15) is 33.6 Å². The van der Waals surface area contributed by atoms with Gasteiger partial charge in [-0.05, 0) is 31.4 Å². The molecule has 3 N–H and O–H groups in total. The molecule has 0 saturated carbocycles. The Balaban J connectivity index is 0.00000441. The van der Waals surface area contributed by atoms with E-state index in [9.17, 15) is 9.18 Å². The summed E-state index contributed by atoms with van der Waals surface area (Å²) >= 11 is 0. The van der Waals surface area contributed by atoms with Crippen molar-refractivity contribution in [2.45, 2.75) is 39.2 Å². The average Bonchev–Trinajstić information content (AvgIpc) is 2.45. The Kier molecular flexibility index (Phi) is 9.06. The van der Waals surface area contributed by atoms with Crippen molar-refractivity contribution >= 4 is 18.3 Å². The Morgan fingerprint density at radius 1 is 1.41 bits per heavy atom. The van der Waals surface area contributed by atoms with E-state index < -0.39 is 11.4 Å². The highest BCUT2D eigenvalue weighted by Crippen LogP contribution is 2.16. The van der Waals surface area contributed by atoms with Gasteiger partial charge < -0.3 is 15.8 Å². The number of amides is 1. The second-order valence-electron chi connectivity index (χ2n) is 5.71. The molecule has 0 aliphatic heterocycles. The third-order valence-electron chi connectivity index (χ3n) is 3.77. The largest absolute Gasteiger partial charge is 0.491 e. The van der Waals surface area contributed by atoms with Crippen LogP contribution in [0.4, 0.5) is 4.39 Å². The Morgan fingerprint density at radius 3 is 2.59 bits per heavy atom. The third-order valence-corrected chi connectivity index (χ3v) is 3.77. The molecule has 1 amide bonds. The number of ether oxygens (including phenoxy) is 1. The maximum atomic E-state index is 13.3. The second-order valence-corrected chi connectivity index (χ2v) is 5.71. The third kappa shape index (κ3) is 6.20.